The van der Waals surface area contributed by atoms with Gasteiger partial charge in [-0.1, -0.05) is 23.2 Å². The molecule has 22 heavy (non-hydrogen) atoms. The van der Waals surface area contributed by atoms with Gasteiger partial charge in [0.15, 0.2) is 0 Å². The minimum atomic E-state index is -4.13. The lowest BCUT2D eigenvalue weighted by atomic mass is 10.2. The first-order valence-corrected chi connectivity index (χ1v) is 7.89. The molecule has 116 valence electrons. The van der Waals surface area contributed by atoms with Crippen LogP contribution in [0.5, 0.6) is 5.75 Å². The molecule has 0 spiro atoms. The number of halogens is 2. The van der Waals surface area contributed by atoms with Gasteiger partial charge in [-0.05, 0) is 30.3 Å². The Morgan fingerprint density at radius 1 is 1.09 bits per heavy atom. The maximum absolute atomic E-state index is 12.3. The smallest absolute Gasteiger partial charge is 0.297 e. The number of hydrogen-bond donors (Lipinski definition) is 2. The quantitative estimate of drug-likeness (QED) is 0.491. The van der Waals surface area contributed by atoms with Gasteiger partial charge >= 0.3 is 0 Å². The largest absolute Gasteiger partial charge is 0.508 e. The summed E-state index contributed by atoms with van der Waals surface area (Å²) in [6, 6.07) is 6.70. The summed E-state index contributed by atoms with van der Waals surface area (Å²) >= 11 is 11.5. The number of benzene rings is 2. The summed E-state index contributed by atoms with van der Waals surface area (Å²) in [7, 11) is -4.13. The van der Waals surface area contributed by atoms with Gasteiger partial charge < -0.3 is 5.11 Å². The van der Waals surface area contributed by atoms with Crippen molar-refractivity contribution in [3.8, 4) is 5.75 Å². The fraction of sp³-hybridized carbons (Fsp3) is 0. The van der Waals surface area contributed by atoms with Crippen LogP contribution in [0, 0.1) is 10.1 Å². The van der Waals surface area contributed by atoms with Gasteiger partial charge in [0.2, 0.25) is 0 Å². The molecule has 7 nitrogen and oxygen atoms in total. The van der Waals surface area contributed by atoms with Gasteiger partial charge in [0.05, 0.1) is 15.9 Å². The first kappa shape index (κ1) is 16.3. The van der Waals surface area contributed by atoms with E-state index in [1.807, 2.05) is 0 Å². The SMILES string of the molecule is O=[N+]([O-])c1cc(O)ccc1NS(=O)(=O)c1cc(Cl)cc(Cl)c1. The van der Waals surface area contributed by atoms with Crippen molar-refractivity contribution in [2.75, 3.05) is 4.72 Å². The topological polar surface area (TPSA) is 110 Å². The number of hydrogen-bond acceptors (Lipinski definition) is 5. The van der Waals surface area contributed by atoms with E-state index in [4.69, 9.17) is 23.2 Å². The average molecular weight is 363 g/mol. The Morgan fingerprint density at radius 2 is 1.68 bits per heavy atom. The number of sulfonamides is 1. The van der Waals surface area contributed by atoms with E-state index in [0.717, 1.165) is 30.3 Å². The van der Waals surface area contributed by atoms with Crippen LogP contribution in [0.1, 0.15) is 0 Å². The number of aromatic hydroxyl groups is 1. The third kappa shape index (κ3) is 3.59. The van der Waals surface area contributed by atoms with E-state index in [1.54, 1.807) is 0 Å². The van der Waals surface area contributed by atoms with Crippen LogP contribution in [0.2, 0.25) is 10.0 Å². The van der Waals surface area contributed by atoms with Gasteiger partial charge in [0.1, 0.15) is 11.4 Å². The van der Waals surface area contributed by atoms with Gasteiger partial charge in [-0.3, -0.25) is 14.8 Å². The molecule has 10 heteroatoms. The van der Waals surface area contributed by atoms with Crippen molar-refractivity contribution in [1.29, 1.82) is 0 Å². The summed E-state index contributed by atoms with van der Waals surface area (Å²) in [5.41, 5.74) is -0.879. The predicted octanol–water partition coefficient (Wildman–Crippen LogP) is 3.41. The van der Waals surface area contributed by atoms with Crippen LogP contribution >= 0.6 is 23.2 Å². The normalized spacial score (nSPS) is 11.2. The average Bonchev–Trinajstić information content (AvgIpc) is 2.39. The standard InChI is InChI=1S/C12H8Cl2N2O5S/c13-7-3-8(14)5-10(4-7)22(20,21)15-11-2-1-9(17)6-12(11)16(18)19/h1-6,15,17H. The molecule has 0 heterocycles. The lowest BCUT2D eigenvalue weighted by Crippen LogP contribution is -2.14. The fourth-order valence-electron chi connectivity index (χ4n) is 1.64. The Hall–Kier alpha value is -2.03. The molecular weight excluding hydrogens is 355 g/mol. The van der Waals surface area contributed by atoms with Crippen LogP contribution in [-0.4, -0.2) is 18.4 Å². The van der Waals surface area contributed by atoms with Gasteiger partial charge in [-0.15, -0.1) is 0 Å². The minimum absolute atomic E-state index is 0.105. The van der Waals surface area contributed by atoms with Crippen LogP contribution in [0.3, 0.4) is 0 Å². The van der Waals surface area contributed by atoms with E-state index in [2.05, 4.69) is 4.72 Å². The number of phenols is 1. The van der Waals surface area contributed by atoms with Crippen molar-refractivity contribution >= 4 is 44.6 Å². The zero-order chi connectivity index (χ0) is 16.5. The van der Waals surface area contributed by atoms with Crippen LogP contribution in [-0.2, 0) is 10.0 Å². The molecule has 0 aliphatic carbocycles. The van der Waals surface area contributed by atoms with Crippen molar-refractivity contribution in [1.82, 2.24) is 0 Å². The summed E-state index contributed by atoms with van der Waals surface area (Å²) in [5.74, 6) is -0.361. The Kier molecular flexibility index (Phi) is 4.45. The first-order chi connectivity index (χ1) is 10.2. The number of nitrogens with zero attached hydrogens (tertiary/aromatic N) is 1. The number of nitro benzene ring substituents is 1. The molecular formula is C12H8Cl2N2O5S. The molecule has 2 N–H and O–H groups in total. The second kappa shape index (κ2) is 5.99. The second-order valence-electron chi connectivity index (χ2n) is 4.17. The summed E-state index contributed by atoms with van der Waals surface area (Å²) in [6.45, 7) is 0. The number of phenolic OH excluding ortho intramolecular Hbond substituents is 1. The third-order valence-electron chi connectivity index (χ3n) is 2.57. The number of nitrogens with one attached hydrogen (secondary N) is 1. The van der Waals surface area contributed by atoms with E-state index in [0.29, 0.717) is 0 Å². The maximum Gasteiger partial charge on any atom is 0.297 e. The molecule has 0 saturated carbocycles. The van der Waals surface area contributed by atoms with E-state index < -0.39 is 20.6 Å². The highest BCUT2D eigenvalue weighted by Gasteiger charge is 2.22. The molecule has 0 fully saturated rings. The molecule has 0 bridgehead atoms. The zero-order valence-corrected chi connectivity index (χ0v) is 13.0. The summed E-state index contributed by atoms with van der Waals surface area (Å²) < 4.78 is 26.6. The van der Waals surface area contributed by atoms with Crippen LogP contribution in [0.4, 0.5) is 11.4 Å². The molecule has 0 radical (unpaired) electrons. The molecule has 0 aromatic heterocycles. The number of rotatable bonds is 4. The van der Waals surface area contributed by atoms with E-state index >= 15 is 0 Å². The molecule has 0 saturated heterocycles. The van der Waals surface area contributed by atoms with E-state index in [1.165, 1.54) is 6.07 Å². The van der Waals surface area contributed by atoms with E-state index in [9.17, 15) is 23.6 Å². The van der Waals surface area contributed by atoms with Gasteiger partial charge in [-0.2, -0.15) is 0 Å². The highest BCUT2D eigenvalue weighted by molar-refractivity contribution is 7.92. The molecule has 2 aromatic rings. The molecule has 0 unspecified atom stereocenters. The maximum atomic E-state index is 12.3. The lowest BCUT2D eigenvalue weighted by Gasteiger charge is -2.09. The minimum Gasteiger partial charge on any atom is -0.508 e. The van der Waals surface area contributed by atoms with E-state index in [-0.39, 0.29) is 26.4 Å². The Labute approximate surface area is 135 Å². The van der Waals surface area contributed by atoms with Gasteiger partial charge in [-0.25, -0.2) is 8.42 Å². The van der Waals surface area contributed by atoms with Crippen molar-refractivity contribution in [2.45, 2.75) is 4.90 Å². The molecule has 0 aliphatic rings. The summed E-state index contributed by atoms with van der Waals surface area (Å²) in [5, 5.41) is 20.4. The molecule has 0 atom stereocenters. The predicted molar refractivity (Wildman–Crippen MR) is 82.0 cm³/mol. The monoisotopic (exact) mass is 362 g/mol. The highest BCUT2D eigenvalue weighted by atomic mass is 35.5. The molecule has 2 aromatic carbocycles. The van der Waals surface area contributed by atoms with Crippen LogP contribution in [0.15, 0.2) is 41.3 Å². The van der Waals surface area contributed by atoms with Crippen molar-refractivity contribution < 1.29 is 18.4 Å². The Bertz CT molecular complexity index is 834. The molecule has 2 rings (SSSR count). The Balaban J connectivity index is 2.47. The van der Waals surface area contributed by atoms with Gasteiger partial charge in [0.25, 0.3) is 15.7 Å². The summed E-state index contributed by atoms with van der Waals surface area (Å²) in [6.07, 6.45) is 0. The van der Waals surface area contributed by atoms with Crippen LogP contribution in [0.25, 0.3) is 0 Å². The summed E-state index contributed by atoms with van der Waals surface area (Å²) in [4.78, 5) is 9.86. The van der Waals surface area contributed by atoms with Crippen LogP contribution < -0.4 is 4.72 Å². The number of anilines is 1. The highest BCUT2D eigenvalue weighted by Crippen LogP contribution is 2.31. The Morgan fingerprint density at radius 3 is 2.23 bits per heavy atom. The molecule has 0 amide bonds. The van der Waals surface area contributed by atoms with Gasteiger partial charge in [0, 0.05) is 10.0 Å². The van der Waals surface area contributed by atoms with Crippen molar-refractivity contribution in [3.63, 3.8) is 0 Å². The fourth-order valence-corrected chi connectivity index (χ4v) is 3.44. The van der Waals surface area contributed by atoms with Crippen molar-refractivity contribution in [3.05, 3.63) is 56.6 Å². The molecule has 0 aliphatic heterocycles. The number of nitro groups is 1. The zero-order valence-electron chi connectivity index (χ0n) is 10.7. The lowest BCUT2D eigenvalue weighted by molar-refractivity contribution is -0.384. The first-order valence-electron chi connectivity index (χ1n) is 5.65. The van der Waals surface area contributed by atoms with Crippen molar-refractivity contribution in [2.24, 2.45) is 0 Å². The third-order valence-corrected chi connectivity index (χ3v) is 4.35. The second-order valence-corrected chi connectivity index (χ2v) is 6.72.